The third kappa shape index (κ3) is 6.91. The SMILES string of the molecule is COc1cc(C=CC(=O)N[C@H]2CC[C@](C)(C(=O)[O-])CC2)ccc1[O-].[Na+].[Na+]. The summed E-state index contributed by atoms with van der Waals surface area (Å²) in [6, 6.07) is 4.53. The number of benzene rings is 1. The Bertz CT molecular complexity index is 655. The molecule has 0 aromatic heterocycles. The van der Waals surface area contributed by atoms with Gasteiger partial charge in [0, 0.05) is 23.5 Å². The summed E-state index contributed by atoms with van der Waals surface area (Å²) in [5.74, 6) is -1.26. The predicted octanol–water partition coefficient (Wildman–Crippen LogP) is -5.39. The first kappa shape index (κ1) is 25.5. The van der Waals surface area contributed by atoms with Crippen molar-refractivity contribution in [3.63, 3.8) is 0 Å². The molecule has 26 heavy (non-hydrogen) atoms. The standard InChI is InChI=1S/C18H23NO5.2Na/c1-18(17(22)23)9-7-13(8-10-18)19-16(21)6-4-12-3-5-14(20)15(11-12)24-2;;/h3-6,11,13,20H,7-10H2,1-2H3,(H,19,21)(H,22,23);;/q;2*+1/p-2/t13-,18-;;. The molecule has 0 unspecified atom stereocenters. The Hall–Kier alpha value is -0.500. The van der Waals surface area contributed by atoms with E-state index in [-0.39, 0.29) is 82.6 Å². The van der Waals surface area contributed by atoms with E-state index in [1.807, 2.05) is 0 Å². The molecule has 1 aliphatic rings. The van der Waals surface area contributed by atoms with Crippen molar-refractivity contribution in [2.75, 3.05) is 7.11 Å². The minimum atomic E-state index is -1.03. The molecule has 6 nitrogen and oxygen atoms in total. The van der Waals surface area contributed by atoms with Crippen LogP contribution in [0.2, 0.25) is 0 Å². The molecule has 0 heterocycles. The maximum absolute atomic E-state index is 12.0. The summed E-state index contributed by atoms with van der Waals surface area (Å²) in [4.78, 5) is 23.1. The first-order valence-corrected chi connectivity index (χ1v) is 7.89. The molecule has 0 atom stereocenters. The Morgan fingerprint density at radius 2 is 1.88 bits per heavy atom. The number of carboxylic acid groups (broad SMARTS) is 1. The van der Waals surface area contributed by atoms with Gasteiger partial charge in [-0.2, -0.15) is 0 Å². The molecular weight excluding hydrogens is 356 g/mol. The van der Waals surface area contributed by atoms with Crippen molar-refractivity contribution in [3.05, 3.63) is 29.8 Å². The van der Waals surface area contributed by atoms with Crippen LogP contribution in [0.3, 0.4) is 0 Å². The molecule has 1 saturated carbocycles. The minimum Gasteiger partial charge on any atom is -0.870 e. The summed E-state index contributed by atoms with van der Waals surface area (Å²) in [5, 5.41) is 25.4. The zero-order chi connectivity index (χ0) is 17.7. The van der Waals surface area contributed by atoms with Gasteiger partial charge in [0.1, 0.15) is 5.75 Å². The zero-order valence-electron chi connectivity index (χ0n) is 15.8. The Kier molecular flexibility index (Phi) is 11.1. The smallest absolute Gasteiger partial charge is 0.870 e. The Morgan fingerprint density at radius 3 is 2.42 bits per heavy atom. The molecule has 1 aromatic carbocycles. The molecule has 0 spiro atoms. The third-order valence-electron chi connectivity index (χ3n) is 4.54. The van der Waals surface area contributed by atoms with Crippen molar-refractivity contribution in [3.8, 4) is 11.5 Å². The number of carbonyl (C=O) groups is 2. The summed E-state index contributed by atoms with van der Waals surface area (Å²) < 4.78 is 4.95. The number of ether oxygens (including phenoxy) is 1. The molecule has 130 valence electrons. The van der Waals surface area contributed by atoms with Crippen LogP contribution in [0.25, 0.3) is 6.08 Å². The van der Waals surface area contributed by atoms with Gasteiger partial charge in [0.15, 0.2) is 0 Å². The fourth-order valence-corrected chi connectivity index (χ4v) is 2.81. The molecule has 2 rings (SSSR count). The number of aliphatic carboxylic acids is 1. The van der Waals surface area contributed by atoms with E-state index < -0.39 is 11.4 Å². The van der Waals surface area contributed by atoms with Crippen LogP contribution >= 0.6 is 0 Å². The second kappa shape index (κ2) is 11.4. The number of carbonyl (C=O) groups excluding carboxylic acids is 2. The Balaban J connectivity index is 0.00000312. The van der Waals surface area contributed by atoms with Gasteiger partial charge in [-0.3, -0.25) is 4.79 Å². The van der Waals surface area contributed by atoms with E-state index in [0.29, 0.717) is 31.2 Å². The first-order chi connectivity index (χ1) is 11.3. The number of carboxylic acids is 1. The molecule has 0 radical (unpaired) electrons. The fourth-order valence-electron chi connectivity index (χ4n) is 2.81. The van der Waals surface area contributed by atoms with Crippen molar-refractivity contribution in [2.24, 2.45) is 5.41 Å². The van der Waals surface area contributed by atoms with E-state index in [1.54, 1.807) is 25.1 Å². The molecule has 1 amide bonds. The maximum atomic E-state index is 12.0. The van der Waals surface area contributed by atoms with Crippen LogP contribution in [0.15, 0.2) is 24.3 Å². The summed E-state index contributed by atoms with van der Waals surface area (Å²) in [5.41, 5.74) is -0.108. The average molecular weight is 377 g/mol. The van der Waals surface area contributed by atoms with E-state index in [9.17, 15) is 19.8 Å². The maximum Gasteiger partial charge on any atom is 1.00 e. The summed E-state index contributed by atoms with van der Waals surface area (Å²) in [6.45, 7) is 1.69. The minimum absolute atomic E-state index is 0. The second-order valence-corrected chi connectivity index (χ2v) is 6.37. The summed E-state index contributed by atoms with van der Waals surface area (Å²) in [6.07, 6.45) is 5.21. The quantitative estimate of drug-likeness (QED) is 0.408. The molecule has 1 aromatic rings. The van der Waals surface area contributed by atoms with E-state index in [0.717, 1.165) is 0 Å². The van der Waals surface area contributed by atoms with Gasteiger partial charge < -0.3 is 25.1 Å². The largest absolute Gasteiger partial charge is 1.00 e. The normalized spacial score (nSPS) is 22.0. The van der Waals surface area contributed by atoms with Gasteiger partial charge in [0.05, 0.1) is 7.11 Å². The van der Waals surface area contributed by atoms with Gasteiger partial charge in [0.25, 0.3) is 0 Å². The van der Waals surface area contributed by atoms with Gasteiger partial charge in [-0.15, -0.1) is 0 Å². The molecule has 0 aliphatic heterocycles. The Labute approximate surface area is 198 Å². The van der Waals surface area contributed by atoms with Gasteiger partial charge in [-0.1, -0.05) is 24.8 Å². The number of amides is 1. The van der Waals surface area contributed by atoms with Crippen LogP contribution < -0.4 is 79.4 Å². The molecule has 8 heteroatoms. The van der Waals surface area contributed by atoms with Crippen molar-refractivity contribution < 1.29 is 83.7 Å². The molecule has 1 aliphatic carbocycles. The summed E-state index contributed by atoms with van der Waals surface area (Å²) in [7, 11) is 1.42. The van der Waals surface area contributed by atoms with Crippen LogP contribution in [0.5, 0.6) is 11.5 Å². The monoisotopic (exact) mass is 377 g/mol. The third-order valence-corrected chi connectivity index (χ3v) is 4.54. The van der Waals surface area contributed by atoms with Crippen molar-refractivity contribution in [1.29, 1.82) is 0 Å². The number of hydrogen-bond acceptors (Lipinski definition) is 5. The Morgan fingerprint density at radius 1 is 1.27 bits per heavy atom. The van der Waals surface area contributed by atoms with E-state index in [4.69, 9.17) is 4.74 Å². The zero-order valence-corrected chi connectivity index (χ0v) is 19.8. The number of rotatable bonds is 5. The first-order valence-electron chi connectivity index (χ1n) is 7.89. The fraction of sp³-hybridized carbons (Fsp3) is 0.444. The molecule has 1 fully saturated rings. The van der Waals surface area contributed by atoms with Gasteiger partial charge >= 0.3 is 59.1 Å². The molecule has 0 bridgehead atoms. The van der Waals surface area contributed by atoms with Gasteiger partial charge in [-0.05, 0) is 43.4 Å². The number of nitrogens with one attached hydrogen (secondary N) is 1. The van der Waals surface area contributed by atoms with Crippen LogP contribution in [-0.2, 0) is 9.59 Å². The molecular formula is C18H21NNa2O5. The molecule has 1 N–H and O–H groups in total. The van der Waals surface area contributed by atoms with E-state index >= 15 is 0 Å². The van der Waals surface area contributed by atoms with Crippen LogP contribution in [0, 0.1) is 5.41 Å². The number of hydrogen-bond donors (Lipinski definition) is 1. The van der Waals surface area contributed by atoms with Crippen molar-refractivity contribution in [1.82, 2.24) is 5.32 Å². The van der Waals surface area contributed by atoms with Crippen molar-refractivity contribution in [2.45, 2.75) is 38.6 Å². The van der Waals surface area contributed by atoms with E-state index in [2.05, 4.69) is 5.32 Å². The van der Waals surface area contributed by atoms with Crippen LogP contribution in [0.4, 0.5) is 0 Å². The topological polar surface area (TPSA) is 102 Å². The van der Waals surface area contributed by atoms with Gasteiger partial charge in [-0.25, -0.2) is 0 Å². The van der Waals surface area contributed by atoms with Crippen LogP contribution in [-0.4, -0.2) is 25.0 Å². The van der Waals surface area contributed by atoms with Gasteiger partial charge in [0.2, 0.25) is 5.91 Å². The average Bonchev–Trinajstić information content (AvgIpc) is 2.56. The van der Waals surface area contributed by atoms with Crippen molar-refractivity contribution >= 4 is 18.0 Å². The predicted molar refractivity (Wildman–Crippen MR) is 85.0 cm³/mol. The van der Waals surface area contributed by atoms with E-state index in [1.165, 1.54) is 19.3 Å². The molecule has 0 saturated heterocycles. The van der Waals surface area contributed by atoms with Crippen LogP contribution in [0.1, 0.15) is 38.2 Å². The second-order valence-electron chi connectivity index (χ2n) is 6.37. The summed E-state index contributed by atoms with van der Waals surface area (Å²) >= 11 is 0. The number of methoxy groups -OCH3 is 1.